The normalized spacial score (nSPS) is 10.2. The first-order valence-electron chi connectivity index (χ1n) is 6.23. The van der Waals surface area contributed by atoms with E-state index >= 15 is 0 Å². The lowest BCUT2D eigenvalue weighted by Gasteiger charge is -2.08. The number of hydrogen-bond acceptors (Lipinski definition) is 2. The van der Waals surface area contributed by atoms with E-state index in [-0.39, 0.29) is 0 Å². The molecule has 2 N–H and O–H groups in total. The molecule has 0 fully saturated rings. The van der Waals surface area contributed by atoms with Crippen LogP contribution in [0.4, 0.5) is 5.69 Å². The molecule has 1 aromatic rings. The summed E-state index contributed by atoms with van der Waals surface area (Å²) >= 11 is 0. The average Bonchev–Trinajstić information content (AvgIpc) is 2.34. The molecule has 0 aliphatic heterocycles. The number of anilines is 1. The summed E-state index contributed by atoms with van der Waals surface area (Å²) in [5, 5.41) is 12.0. The largest absolute Gasteiger partial charge is 0.478 e. The summed E-state index contributed by atoms with van der Waals surface area (Å²) in [6.45, 7) is 2.18. The van der Waals surface area contributed by atoms with Crippen LogP contribution in [0.3, 0.4) is 0 Å². The van der Waals surface area contributed by atoms with E-state index in [0.29, 0.717) is 11.3 Å². The Hall–Kier alpha value is -1.51. The lowest BCUT2D eigenvalue weighted by Crippen LogP contribution is -2.03. The maximum atomic E-state index is 11.1. The van der Waals surface area contributed by atoms with E-state index in [1.54, 1.807) is 13.1 Å². The van der Waals surface area contributed by atoms with Crippen molar-refractivity contribution in [1.29, 1.82) is 0 Å². The van der Waals surface area contributed by atoms with E-state index in [1.165, 1.54) is 19.3 Å². The predicted octanol–water partition coefficient (Wildman–Crippen LogP) is 3.55. The van der Waals surface area contributed by atoms with E-state index in [9.17, 15) is 4.79 Å². The molecule has 1 rings (SSSR count). The fraction of sp³-hybridized carbons (Fsp3) is 0.500. The zero-order valence-electron chi connectivity index (χ0n) is 10.6. The van der Waals surface area contributed by atoms with Crippen molar-refractivity contribution >= 4 is 11.7 Å². The molecular weight excluding hydrogens is 214 g/mol. The smallest absolute Gasteiger partial charge is 0.337 e. The topological polar surface area (TPSA) is 49.3 Å². The summed E-state index contributed by atoms with van der Waals surface area (Å²) in [6, 6.07) is 5.63. The number of benzene rings is 1. The second-order valence-corrected chi connectivity index (χ2v) is 4.25. The van der Waals surface area contributed by atoms with E-state index < -0.39 is 5.97 Å². The molecule has 0 radical (unpaired) electrons. The molecule has 0 saturated heterocycles. The first-order valence-corrected chi connectivity index (χ1v) is 6.23. The summed E-state index contributed by atoms with van der Waals surface area (Å²) < 4.78 is 0. The van der Waals surface area contributed by atoms with Crippen LogP contribution in [0.2, 0.25) is 0 Å². The van der Waals surface area contributed by atoms with Crippen LogP contribution in [0.5, 0.6) is 0 Å². The van der Waals surface area contributed by atoms with Crippen molar-refractivity contribution < 1.29 is 9.90 Å². The quantitative estimate of drug-likeness (QED) is 0.710. The van der Waals surface area contributed by atoms with Gasteiger partial charge in [-0.05, 0) is 30.5 Å². The molecule has 0 heterocycles. The molecule has 0 atom stereocenters. The Bertz CT molecular complexity index is 374. The lowest BCUT2D eigenvalue weighted by atomic mass is 10.0. The van der Waals surface area contributed by atoms with Gasteiger partial charge in [-0.25, -0.2) is 4.79 Å². The van der Waals surface area contributed by atoms with Gasteiger partial charge in [0.05, 0.1) is 5.56 Å². The van der Waals surface area contributed by atoms with Crippen LogP contribution in [-0.2, 0) is 6.42 Å². The van der Waals surface area contributed by atoms with Gasteiger partial charge in [0.15, 0.2) is 0 Å². The van der Waals surface area contributed by atoms with Crippen LogP contribution in [0.25, 0.3) is 0 Å². The third-order valence-corrected chi connectivity index (χ3v) is 2.90. The van der Waals surface area contributed by atoms with Crippen LogP contribution in [-0.4, -0.2) is 18.1 Å². The van der Waals surface area contributed by atoms with Crippen molar-refractivity contribution in [3.8, 4) is 0 Å². The summed E-state index contributed by atoms with van der Waals surface area (Å²) in [7, 11) is 1.74. The highest BCUT2D eigenvalue weighted by molar-refractivity contribution is 5.94. The van der Waals surface area contributed by atoms with Crippen molar-refractivity contribution in [2.75, 3.05) is 12.4 Å². The molecule has 1 aromatic carbocycles. The minimum absolute atomic E-state index is 0.362. The summed E-state index contributed by atoms with van der Waals surface area (Å²) in [4.78, 5) is 11.1. The Morgan fingerprint density at radius 2 is 2.06 bits per heavy atom. The number of carboxylic acid groups (broad SMARTS) is 1. The number of carboxylic acids is 1. The highest BCUT2D eigenvalue weighted by Crippen LogP contribution is 2.18. The number of aryl methyl sites for hydroxylation is 1. The predicted molar refractivity (Wildman–Crippen MR) is 70.8 cm³/mol. The number of aromatic carboxylic acids is 1. The SMILES string of the molecule is CCCCCCc1ccc(NC)c(C(=O)O)c1. The van der Waals surface area contributed by atoms with E-state index in [4.69, 9.17) is 5.11 Å². The van der Waals surface area contributed by atoms with Crippen LogP contribution in [0, 0.1) is 0 Å². The molecule has 94 valence electrons. The molecule has 0 saturated carbocycles. The van der Waals surface area contributed by atoms with Crippen molar-refractivity contribution in [1.82, 2.24) is 0 Å². The molecule has 0 spiro atoms. The molecule has 0 aliphatic carbocycles. The molecule has 3 heteroatoms. The van der Waals surface area contributed by atoms with Gasteiger partial charge in [0.1, 0.15) is 0 Å². The van der Waals surface area contributed by atoms with Gasteiger partial charge < -0.3 is 10.4 Å². The van der Waals surface area contributed by atoms with Gasteiger partial charge >= 0.3 is 5.97 Å². The van der Waals surface area contributed by atoms with Gasteiger partial charge in [-0.1, -0.05) is 32.3 Å². The zero-order valence-corrected chi connectivity index (χ0v) is 10.6. The van der Waals surface area contributed by atoms with Gasteiger partial charge in [-0.2, -0.15) is 0 Å². The fourth-order valence-electron chi connectivity index (χ4n) is 1.90. The minimum atomic E-state index is -0.871. The number of hydrogen-bond donors (Lipinski definition) is 2. The molecule has 17 heavy (non-hydrogen) atoms. The van der Waals surface area contributed by atoms with Crippen LogP contribution in [0.15, 0.2) is 18.2 Å². The van der Waals surface area contributed by atoms with Gasteiger partial charge in [0.25, 0.3) is 0 Å². The maximum absolute atomic E-state index is 11.1. The Morgan fingerprint density at radius 3 is 2.65 bits per heavy atom. The average molecular weight is 235 g/mol. The van der Waals surface area contributed by atoms with Gasteiger partial charge in [-0.3, -0.25) is 0 Å². The van der Waals surface area contributed by atoms with Crippen LogP contribution < -0.4 is 5.32 Å². The maximum Gasteiger partial charge on any atom is 0.337 e. The van der Waals surface area contributed by atoms with Crippen LogP contribution in [0.1, 0.15) is 48.5 Å². The summed E-state index contributed by atoms with van der Waals surface area (Å²) in [5.41, 5.74) is 2.15. The van der Waals surface area contributed by atoms with Crippen LogP contribution >= 0.6 is 0 Å². The van der Waals surface area contributed by atoms with Crippen molar-refractivity contribution in [3.63, 3.8) is 0 Å². The molecule has 0 bridgehead atoms. The number of unbranched alkanes of at least 4 members (excludes halogenated alkanes) is 3. The minimum Gasteiger partial charge on any atom is -0.478 e. The molecule has 0 aliphatic rings. The Labute approximate surface area is 103 Å². The van der Waals surface area contributed by atoms with Gasteiger partial charge in [0, 0.05) is 12.7 Å². The number of nitrogens with one attached hydrogen (secondary N) is 1. The first kappa shape index (κ1) is 13.6. The number of rotatable bonds is 7. The Morgan fingerprint density at radius 1 is 1.29 bits per heavy atom. The highest BCUT2D eigenvalue weighted by Gasteiger charge is 2.09. The third kappa shape index (κ3) is 4.10. The molecule has 0 aromatic heterocycles. The second kappa shape index (κ2) is 6.94. The van der Waals surface area contributed by atoms with Gasteiger partial charge in [0.2, 0.25) is 0 Å². The molecule has 0 unspecified atom stereocenters. The molecular formula is C14H21NO2. The summed E-state index contributed by atoms with van der Waals surface area (Å²) in [6.07, 6.45) is 5.78. The first-order chi connectivity index (χ1) is 8.19. The van der Waals surface area contributed by atoms with E-state index in [0.717, 1.165) is 18.4 Å². The van der Waals surface area contributed by atoms with E-state index in [1.807, 2.05) is 12.1 Å². The van der Waals surface area contributed by atoms with Crippen molar-refractivity contribution in [3.05, 3.63) is 29.3 Å². The van der Waals surface area contributed by atoms with E-state index in [2.05, 4.69) is 12.2 Å². The highest BCUT2D eigenvalue weighted by atomic mass is 16.4. The summed E-state index contributed by atoms with van der Waals surface area (Å²) in [5.74, 6) is -0.871. The Kier molecular flexibility index (Phi) is 5.53. The van der Waals surface area contributed by atoms with Crippen molar-refractivity contribution in [2.24, 2.45) is 0 Å². The Balaban J connectivity index is 2.68. The fourth-order valence-corrected chi connectivity index (χ4v) is 1.90. The monoisotopic (exact) mass is 235 g/mol. The molecule has 3 nitrogen and oxygen atoms in total. The number of carbonyl (C=O) groups is 1. The molecule has 0 amide bonds. The lowest BCUT2D eigenvalue weighted by molar-refractivity contribution is 0.0698. The zero-order chi connectivity index (χ0) is 12.7. The third-order valence-electron chi connectivity index (χ3n) is 2.90. The second-order valence-electron chi connectivity index (χ2n) is 4.25. The van der Waals surface area contributed by atoms with Gasteiger partial charge in [-0.15, -0.1) is 0 Å². The standard InChI is InChI=1S/C14H21NO2/c1-3-4-5-6-7-11-8-9-13(15-2)12(10-11)14(16)17/h8-10,15H,3-7H2,1-2H3,(H,16,17). The van der Waals surface area contributed by atoms with Crippen molar-refractivity contribution in [2.45, 2.75) is 39.0 Å².